The molecule has 1 heterocycles. The van der Waals surface area contributed by atoms with Crippen molar-refractivity contribution >= 4 is 15.9 Å². The van der Waals surface area contributed by atoms with E-state index in [4.69, 9.17) is 4.74 Å². The Balaban J connectivity index is 1.99. The molecular weight excluding hydrogens is 318 g/mol. The smallest absolute Gasteiger partial charge is 0.118 e. The van der Waals surface area contributed by atoms with Gasteiger partial charge < -0.3 is 9.84 Å². The van der Waals surface area contributed by atoms with Crippen molar-refractivity contribution < 1.29 is 9.84 Å². The summed E-state index contributed by atoms with van der Waals surface area (Å²) in [7, 11) is 1.66. The average molecular weight is 336 g/mol. The Labute approximate surface area is 127 Å². The average Bonchev–Trinajstić information content (AvgIpc) is 2.49. The molecule has 0 bridgehead atoms. The van der Waals surface area contributed by atoms with E-state index in [2.05, 4.69) is 20.9 Å². The predicted molar refractivity (Wildman–Crippen MR) is 82.9 cm³/mol. The Kier molecular flexibility index (Phi) is 5.56. The molecule has 1 aromatic carbocycles. The number of ether oxygens (including phenoxy) is 1. The van der Waals surface area contributed by atoms with Crippen LogP contribution in [0.5, 0.6) is 5.75 Å². The number of aliphatic hydroxyl groups excluding tert-OH is 1. The molecule has 0 saturated heterocycles. The van der Waals surface area contributed by atoms with E-state index in [1.807, 2.05) is 36.4 Å². The lowest BCUT2D eigenvalue weighted by molar-refractivity contribution is 0.224. The molecule has 1 aromatic heterocycles. The quantitative estimate of drug-likeness (QED) is 0.881. The number of aliphatic hydroxyl groups is 1. The van der Waals surface area contributed by atoms with E-state index in [1.54, 1.807) is 13.3 Å². The molecule has 4 heteroatoms. The summed E-state index contributed by atoms with van der Waals surface area (Å²) < 4.78 is 6.11. The Bertz CT molecular complexity index is 525. The van der Waals surface area contributed by atoms with Crippen molar-refractivity contribution in [3.8, 4) is 5.75 Å². The highest BCUT2D eigenvalue weighted by Crippen LogP contribution is 2.17. The van der Waals surface area contributed by atoms with Crippen molar-refractivity contribution in [2.45, 2.75) is 12.8 Å². The molecule has 1 atom stereocenters. The van der Waals surface area contributed by atoms with Gasteiger partial charge in [0.15, 0.2) is 0 Å². The lowest BCUT2D eigenvalue weighted by atomic mass is 9.95. The third-order valence-electron chi connectivity index (χ3n) is 3.23. The molecule has 1 N–H and O–H groups in total. The molecule has 0 aliphatic heterocycles. The SMILES string of the molecule is COc1ccc(CC(CO)Cc2ccc(Br)cn2)cc1. The Morgan fingerprint density at radius 2 is 1.90 bits per heavy atom. The molecule has 1 unspecified atom stereocenters. The fraction of sp³-hybridized carbons (Fsp3) is 0.312. The lowest BCUT2D eigenvalue weighted by Crippen LogP contribution is -2.13. The summed E-state index contributed by atoms with van der Waals surface area (Å²) in [5.41, 5.74) is 2.20. The first-order chi connectivity index (χ1) is 9.71. The molecule has 0 amide bonds. The second-order valence-electron chi connectivity index (χ2n) is 4.77. The van der Waals surface area contributed by atoms with Crippen LogP contribution in [0.3, 0.4) is 0 Å². The number of nitrogens with zero attached hydrogens (tertiary/aromatic N) is 1. The molecule has 0 spiro atoms. The van der Waals surface area contributed by atoms with Crippen molar-refractivity contribution in [2.75, 3.05) is 13.7 Å². The molecule has 0 aliphatic rings. The molecule has 20 heavy (non-hydrogen) atoms. The number of pyridine rings is 1. The zero-order valence-electron chi connectivity index (χ0n) is 11.4. The number of hydrogen-bond acceptors (Lipinski definition) is 3. The minimum Gasteiger partial charge on any atom is -0.497 e. The maximum Gasteiger partial charge on any atom is 0.118 e. The number of benzene rings is 1. The topological polar surface area (TPSA) is 42.4 Å². The molecule has 2 rings (SSSR count). The molecule has 106 valence electrons. The summed E-state index contributed by atoms with van der Waals surface area (Å²) in [4.78, 5) is 4.36. The van der Waals surface area contributed by atoms with Crippen molar-refractivity contribution in [1.82, 2.24) is 4.98 Å². The summed E-state index contributed by atoms with van der Waals surface area (Å²) in [6.07, 6.45) is 3.39. The zero-order valence-corrected chi connectivity index (χ0v) is 13.0. The van der Waals surface area contributed by atoms with E-state index < -0.39 is 0 Å². The summed E-state index contributed by atoms with van der Waals surface area (Å²) in [6, 6.07) is 11.9. The van der Waals surface area contributed by atoms with Gasteiger partial charge in [-0.2, -0.15) is 0 Å². The van der Waals surface area contributed by atoms with Crippen LogP contribution in [0.25, 0.3) is 0 Å². The van der Waals surface area contributed by atoms with Crippen molar-refractivity contribution in [1.29, 1.82) is 0 Å². The second-order valence-corrected chi connectivity index (χ2v) is 5.69. The zero-order chi connectivity index (χ0) is 14.4. The van der Waals surface area contributed by atoms with Gasteiger partial charge in [-0.3, -0.25) is 4.98 Å². The van der Waals surface area contributed by atoms with Gasteiger partial charge in [0, 0.05) is 23.0 Å². The van der Waals surface area contributed by atoms with Crippen LogP contribution in [-0.2, 0) is 12.8 Å². The fourth-order valence-corrected chi connectivity index (χ4v) is 2.35. The Morgan fingerprint density at radius 1 is 1.15 bits per heavy atom. The summed E-state index contributed by atoms with van der Waals surface area (Å²) >= 11 is 3.37. The second kappa shape index (κ2) is 7.41. The highest BCUT2D eigenvalue weighted by molar-refractivity contribution is 9.10. The first-order valence-electron chi connectivity index (χ1n) is 6.55. The minimum absolute atomic E-state index is 0.157. The molecule has 0 aliphatic carbocycles. The van der Waals surface area contributed by atoms with Crippen molar-refractivity contribution in [2.24, 2.45) is 5.92 Å². The van der Waals surface area contributed by atoms with Gasteiger partial charge in [0.05, 0.1) is 7.11 Å². The van der Waals surface area contributed by atoms with Gasteiger partial charge in [0.2, 0.25) is 0 Å². The van der Waals surface area contributed by atoms with Gasteiger partial charge in [-0.05, 0) is 64.5 Å². The van der Waals surface area contributed by atoms with E-state index in [0.717, 1.165) is 28.8 Å². The number of methoxy groups -OCH3 is 1. The normalized spacial score (nSPS) is 12.2. The monoisotopic (exact) mass is 335 g/mol. The van der Waals surface area contributed by atoms with Gasteiger partial charge in [-0.15, -0.1) is 0 Å². The van der Waals surface area contributed by atoms with E-state index in [-0.39, 0.29) is 12.5 Å². The van der Waals surface area contributed by atoms with Crippen LogP contribution >= 0.6 is 15.9 Å². The first kappa shape index (κ1) is 15.0. The molecule has 0 saturated carbocycles. The van der Waals surface area contributed by atoms with Gasteiger partial charge in [0.25, 0.3) is 0 Å². The third kappa shape index (κ3) is 4.32. The van der Waals surface area contributed by atoms with Crippen LogP contribution < -0.4 is 4.74 Å². The van der Waals surface area contributed by atoms with Crippen LogP contribution in [0.4, 0.5) is 0 Å². The fourth-order valence-electron chi connectivity index (χ4n) is 2.12. The summed E-state index contributed by atoms with van der Waals surface area (Å²) in [5, 5.41) is 9.54. The van der Waals surface area contributed by atoms with Gasteiger partial charge >= 0.3 is 0 Å². The lowest BCUT2D eigenvalue weighted by Gasteiger charge is -2.14. The summed E-state index contributed by atoms with van der Waals surface area (Å²) in [5.74, 6) is 1.03. The number of aromatic nitrogens is 1. The highest BCUT2D eigenvalue weighted by Gasteiger charge is 2.11. The molecule has 0 radical (unpaired) electrons. The van der Waals surface area contributed by atoms with Crippen molar-refractivity contribution in [3.63, 3.8) is 0 Å². The predicted octanol–water partition coefficient (Wildman–Crippen LogP) is 3.25. The van der Waals surface area contributed by atoms with E-state index in [1.165, 1.54) is 5.56 Å². The van der Waals surface area contributed by atoms with Crippen LogP contribution in [-0.4, -0.2) is 23.8 Å². The number of halogens is 1. The Morgan fingerprint density at radius 3 is 2.45 bits per heavy atom. The van der Waals surface area contributed by atoms with E-state index >= 15 is 0 Å². The van der Waals surface area contributed by atoms with Crippen LogP contribution in [0.2, 0.25) is 0 Å². The molecular formula is C16H18BrNO2. The number of hydrogen-bond donors (Lipinski definition) is 1. The van der Waals surface area contributed by atoms with Crippen molar-refractivity contribution in [3.05, 3.63) is 58.3 Å². The van der Waals surface area contributed by atoms with E-state index in [0.29, 0.717) is 0 Å². The maximum absolute atomic E-state index is 9.54. The maximum atomic E-state index is 9.54. The van der Waals surface area contributed by atoms with Crippen LogP contribution in [0.1, 0.15) is 11.3 Å². The highest BCUT2D eigenvalue weighted by atomic mass is 79.9. The van der Waals surface area contributed by atoms with Crippen LogP contribution in [0, 0.1) is 5.92 Å². The first-order valence-corrected chi connectivity index (χ1v) is 7.34. The molecule has 3 nitrogen and oxygen atoms in total. The van der Waals surface area contributed by atoms with Gasteiger partial charge in [-0.1, -0.05) is 12.1 Å². The number of rotatable bonds is 6. The Hall–Kier alpha value is -1.39. The van der Waals surface area contributed by atoms with Gasteiger partial charge in [0.1, 0.15) is 5.75 Å². The van der Waals surface area contributed by atoms with Crippen LogP contribution in [0.15, 0.2) is 47.1 Å². The standard InChI is InChI=1S/C16H18BrNO2/c1-20-16-6-2-12(3-7-16)8-13(11-19)9-15-5-4-14(17)10-18-15/h2-7,10,13,19H,8-9,11H2,1H3. The van der Waals surface area contributed by atoms with Gasteiger partial charge in [-0.25, -0.2) is 0 Å². The van der Waals surface area contributed by atoms with E-state index in [9.17, 15) is 5.11 Å². The third-order valence-corrected chi connectivity index (χ3v) is 3.70. The molecule has 2 aromatic rings. The largest absolute Gasteiger partial charge is 0.497 e. The molecule has 0 fully saturated rings. The minimum atomic E-state index is 0.157. The summed E-state index contributed by atoms with van der Waals surface area (Å²) in [6.45, 7) is 0.157.